The Morgan fingerprint density at radius 1 is 1.10 bits per heavy atom. The summed E-state index contributed by atoms with van der Waals surface area (Å²) in [5.41, 5.74) is 7.53. The van der Waals surface area contributed by atoms with Crippen LogP contribution in [0.25, 0.3) is 22.8 Å². The summed E-state index contributed by atoms with van der Waals surface area (Å²) in [5, 5.41) is 4.10. The summed E-state index contributed by atoms with van der Waals surface area (Å²) < 4.78 is 18.2. The van der Waals surface area contributed by atoms with E-state index in [9.17, 15) is 4.39 Å². The average Bonchev–Trinajstić information content (AvgIpc) is 2.89. The topological polar surface area (TPSA) is 64.9 Å². The van der Waals surface area contributed by atoms with E-state index in [-0.39, 0.29) is 10.9 Å². The molecule has 0 radical (unpaired) electrons. The summed E-state index contributed by atoms with van der Waals surface area (Å²) in [4.78, 5) is 4.25. The number of anilines is 1. The van der Waals surface area contributed by atoms with Crippen LogP contribution < -0.4 is 5.73 Å². The molecule has 0 atom stereocenters. The van der Waals surface area contributed by atoms with Crippen molar-refractivity contribution in [3.05, 3.63) is 53.3 Å². The summed E-state index contributed by atoms with van der Waals surface area (Å²) in [6.07, 6.45) is 0. The van der Waals surface area contributed by atoms with Crippen molar-refractivity contribution in [3.63, 3.8) is 0 Å². The van der Waals surface area contributed by atoms with Gasteiger partial charge >= 0.3 is 0 Å². The third-order valence-corrected chi connectivity index (χ3v) is 3.07. The van der Waals surface area contributed by atoms with Crippen LogP contribution in [0.3, 0.4) is 0 Å². The number of hydrogen-bond acceptors (Lipinski definition) is 4. The van der Waals surface area contributed by atoms with Crippen LogP contribution in [0.5, 0.6) is 0 Å². The van der Waals surface area contributed by atoms with E-state index in [1.165, 1.54) is 18.2 Å². The number of nitrogens with two attached hydrogens (primary N) is 1. The molecule has 0 aliphatic carbocycles. The van der Waals surface area contributed by atoms with Crippen molar-refractivity contribution in [1.82, 2.24) is 10.1 Å². The molecule has 0 aliphatic rings. The van der Waals surface area contributed by atoms with E-state index in [2.05, 4.69) is 10.1 Å². The molecule has 2 N–H and O–H groups in total. The standard InChI is InChI=1S/C14H9ClFN3O/c15-12-7-9(16)3-6-11(12)14-18-13(19-20-14)8-1-4-10(17)5-2-8/h1-7H,17H2. The zero-order valence-corrected chi connectivity index (χ0v) is 10.9. The largest absolute Gasteiger partial charge is 0.399 e. The van der Waals surface area contributed by atoms with Gasteiger partial charge in [-0.1, -0.05) is 16.8 Å². The van der Waals surface area contributed by atoms with Crippen LogP contribution in [-0.2, 0) is 0 Å². The van der Waals surface area contributed by atoms with Gasteiger partial charge in [-0.2, -0.15) is 4.98 Å². The Labute approximate surface area is 119 Å². The second-order valence-corrected chi connectivity index (χ2v) is 4.58. The number of nitrogen functional groups attached to an aromatic ring is 1. The number of benzene rings is 2. The third-order valence-electron chi connectivity index (χ3n) is 2.76. The van der Waals surface area contributed by atoms with Gasteiger partial charge in [0.2, 0.25) is 5.82 Å². The second-order valence-electron chi connectivity index (χ2n) is 4.17. The van der Waals surface area contributed by atoms with Gasteiger partial charge in [-0.3, -0.25) is 0 Å². The van der Waals surface area contributed by atoms with Crippen molar-refractivity contribution in [2.75, 3.05) is 5.73 Å². The molecule has 3 aromatic rings. The quantitative estimate of drug-likeness (QED) is 0.729. The Bertz CT molecular complexity index is 755. The van der Waals surface area contributed by atoms with Gasteiger partial charge in [0.05, 0.1) is 10.6 Å². The monoisotopic (exact) mass is 289 g/mol. The van der Waals surface area contributed by atoms with E-state index in [4.69, 9.17) is 21.9 Å². The van der Waals surface area contributed by atoms with Gasteiger partial charge in [0, 0.05) is 11.3 Å². The van der Waals surface area contributed by atoms with Gasteiger partial charge in [0.1, 0.15) is 5.82 Å². The maximum Gasteiger partial charge on any atom is 0.259 e. The Morgan fingerprint density at radius 2 is 1.85 bits per heavy atom. The molecule has 3 rings (SSSR count). The predicted octanol–water partition coefficient (Wildman–Crippen LogP) is 3.78. The highest BCUT2D eigenvalue weighted by molar-refractivity contribution is 6.33. The molecule has 20 heavy (non-hydrogen) atoms. The Hall–Kier alpha value is -2.40. The first-order valence-corrected chi connectivity index (χ1v) is 6.16. The number of halogens is 2. The normalized spacial score (nSPS) is 10.7. The van der Waals surface area contributed by atoms with E-state index >= 15 is 0 Å². The molecule has 2 aromatic carbocycles. The van der Waals surface area contributed by atoms with Gasteiger partial charge in [-0.05, 0) is 42.5 Å². The lowest BCUT2D eigenvalue weighted by Crippen LogP contribution is -1.85. The lowest BCUT2D eigenvalue weighted by molar-refractivity contribution is 0.432. The molecule has 0 aliphatic heterocycles. The summed E-state index contributed by atoms with van der Waals surface area (Å²) >= 11 is 5.96. The average molecular weight is 290 g/mol. The predicted molar refractivity (Wildman–Crippen MR) is 74.6 cm³/mol. The highest BCUT2D eigenvalue weighted by Crippen LogP contribution is 2.29. The van der Waals surface area contributed by atoms with Gasteiger partial charge < -0.3 is 10.3 Å². The van der Waals surface area contributed by atoms with Gasteiger partial charge in [-0.25, -0.2) is 4.39 Å². The Kier molecular flexibility index (Phi) is 3.12. The molecule has 1 aromatic heterocycles. The van der Waals surface area contributed by atoms with Crippen molar-refractivity contribution >= 4 is 17.3 Å². The minimum absolute atomic E-state index is 0.220. The number of aromatic nitrogens is 2. The summed E-state index contributed by atoms with van der Waals surface area (Å²) in [5.74, 6) is 0.235. The van der Waals surface area contributed by atoms with Crippen LogP contribution in [0.15, 0.2) is 47.0 Å². The molecule has 0 saturated heterocycles. The maximum absolute atomic E-state index is 13.0. The number of hydrogen-bond donors (Lipinski definition) is 1. The van der Waals surface area contributed by atoms with E-state index in [1.54, 1.807) is 24.3 Å². The van der Waals surface area contributed by atoms with Gasteiger partial charge in [0.15, 0.2) is 0 Å². The van der Waals surface area contributed by atoms with Crippen molar-refractivity contribution in [3.8, 4) is 22.8 Å². The minimum atomic E-state index is -0.419. The van der Waals surface area contributed by atoms with Crippen LogP contribution in [0.1, 0.15) is 0 Å². The molecule has 0 bridgehead atoms. The molecule has 1 heterocycles. The van der Waals surface area contributed by atoms with Crippen molar-refractivity contribution in [2.24, 2.45) is 0 Å². The van der Waals surface area contributed by atoms with Crippen molar-refractivity contribution < 1.29 is 8.91 Å². The molecule has 0 fully saturated rings. The summed E-state index contributed by atoms with van der Waals surface area (Å²) in [6, 6.07) is 11.1. The SMILES string of the molecule is Nc1ccc(-c2noc(-c3ccc(F)cc3Cl)n2)cc1. The van der Waals surface area contributed by atoms with E-state index in [0.717, 1.165) is 5.56 Å². The number of rotatable bonds is 2. The van der Waals surface area contributed by atoms with Gasteiger partial charge in [-0.15, -0.1) is 0 Å². The fourth-order valence-corrected chi connectivity index (χ4v) is 1.99. The fourth-order valence-electron chi connectivity index (χ4n) is 1.75. The smallest absolute Gasteiger partial charge is 0.259 e. The first kappa shape index (κ1) is 12.6. The highest BCUT2D eigenvalue weighted by atomic mass is 35.5. The van der Waals surface area contributed by atoms with Gasteiger partial charge in [0.25, 0.3) is 5.89 Å². The fraction of sp³-hybridized carbons (Fsp3) is 0. The number of nitrogens with zero attached hydrogens (tertiary/aromatic N) is 2. The lowest BCUT2D eigenvalue weighted by Gasteiger charge is -1.97. The Balaban J connectivity index is 1.99. The van der Waals surface area contributed by atoms with Crippen LogP contribution in [0.2, 0.25) is 5.02 Å². The molecule has 4 nitrogen and oxygen atoms in total. The van der Waals surface area contributed by atoms with Crippen molar-refractivity contribution in [2.45, 2.75) is 0 Å². The van der Waals surface area contributed by atoms with Crippen LogP contribution in [0, 0.1) is 5.82 Å². The van der Waals surface area contributed by atoms with E-state index < -0.39 is 5.82 Å². The van der Waals surface area contributed by atoms with E-state index in [1.807, 2.05) is 0 Å². The van der Waals surface area contributed by atoms with Crippen LogP contribution in [0.4, 0.5) is 10.1 Å². The zero-order valence-electron chi connectivity index (χ0n) is 10.2. The molecular weight excluding hydrogens is 281 g/mol. The van der Waals surface area contributed by atoms with E-state index in [0.29, 0.717) is 17.1 Å². The summed E-state index contributed by atoms with van der Waals surface area (Å²) in [6.45, 7) is 0. The summed E-state index contributed by atoms with van der Waals surface area (Å²) in [7, 11) is 0. The molecule has 0 unspecified atom stereocenters. The molecule has 6 heteroatoms. The van der Waals surface area contributed by atoms with Crippen molar-refractivity contribution in [1.29, 1.82) is 0 Å². The second kappa shape index (κ2) is 4.94. The van der Waals surface area contributed by atoms with Crippen LogP contribution in [-0.4, -0.2) is 10.1 Å². The lowest BCUT2D eigenvalue weighted by atomic mass is 10.2. The highest BCUT2D eigenvalue weighted by Gasteiger charge is 2.13. The first-order valence-electron chi connectivity index (χ1n) is 5.78. The van der Waals surface area contributed by atoms with Crippen LogP contribution >= 0.6 is 11.6 Å². The third kappa shape index (κ3) is 2.35. The molecule has 0 amide bonds. The Morgan fingerprint density at radius 3 is 2.55 bits per heavy atom. The molecule has 0 spiro atoms. The maximum atomic E-state index is 13.0. The first-order chi connectivity index (χ1) is 9.63. The minimum Gasteiger partial charge on any atom is -0.399 e. The molecular formula is C14H9ClFN3O. The zero-order chi connectivity index (χ0) is 14.1. The molecule has 0 saturated carbocycles. The molecule has 100 valence electrons.